The molecule has 10 heteroatoms. The molecule has 2 unspecified atom stereocenters. The molecule has 9 nitrogen and oxygen atoms in total. The van der Waals surface area contributed by atoms with E-state index in [1.165, 1.54) is 103 Å². The van der Waals surface area contributed by atoms with Gasteiger partial charge in [-0.1, -0.05) is 189 Å². The van der Waals surface area contributed by atoms with E-state index < -0.39 is 32.5 Å². The van der Waals surface area contributed by atoms with Gasteiger partial charge in [0.2, 0.25) is 0 Å². The van der Waals surface area contributed by atoms with Gasteiger partial charge in [-0.3, -0.25) is 18.6 Å². The largest absolute Gasteiger partial charge is 0.472 e. The van der Waals surface area contributed by atoms with E-state index in [1.54, 1.807) is 0 Å². The van der Waals surface area contributed by atoms with Gasteiger partial charge in [0.1, 0.15) is 19.8 Å². The lowest BCUT2D eigenvalue weighted by Gasteiger charge is -2.24. The predicted octanol–water partition coefficient (Wildman–Crippen LogP) is 13.8. The van der Waals surface area contributed by atoms with Gasteiger partial charge in [-0.15, -0.1) is 0 Å². The van der Waals surface area contributed by atoms with Crippen LogP contribution in [0.3, 0.4) is 0 Å². The van der Waals surface area contributed by atoms with E-state index in [4.69, 9.17) is 18.5 Å². The topological polar surface area (TPSA) is 108 Å². The Labute approximate surface area is 368 Å². The highest BCUT2D eigenvalue weighted by Gasteiger charge is 2.27. The van der Waals surface area contributed by atoms with E-state index >= 15 is 0 Å². The van der Waals surface area contributed by atoms with Crippen LogP contribution < -0.4 is 0 Å². The molecule has 0 bridgehead atoms. The second-order valence-corrected chi connectivity index (χ2v) is 18.3. The molecule has 0 aromatic heterocycles. The maximum Gasteiger partial charge on any atom is 0.472 e. The summed E-state index contributed by atoms with van der Waals surface area (Å²) in [5.74, 6) is -0.893. The summed E-state index contributed by atoms with van der Waals surface area (Å²) in [6, 6.07) is 0. The van der Waals surface area contributed by atoms with Gasteiger partial charge in [-0.2, -0.15) is 0 Å². The van der Waals surface area contributed by atoms with Crippen molar-refractivity contribution < 1.29 is 42.1 Å². The summed E-state index contributed by atoms with van der Waals surface area (Å²) in [5.41, 5.74) is 0. The number of carbonyl (C=O) groups excluding carboxylic acids is 2. The molecule has 1 N–H and O–H groups in total. The first-order valence-electron chi connectivity index (χ1n) is 23.7. The van der Waals surface area contributed by atoms with Crippen LogP contribution in [0, 0.1) is 0 Å². The van der Waals surface area contributed by atoms with Gasteiger partial charge in [0.15, 0.2) is 6.10 Å². The lowest BCUT2D eigenvalue weighted by atomic mass is 10.0. The van der Waals surface area contributed by atoms with Gasteiger partial charge in [-0.05, 0) is 51.4 Å². The maximum atomic E-state index is 12.6. The number of quaternary nitrogens is 1. The highest BCUT2D eigenvalue weighted by molar-refractivity contribution is 7.47. The zero-order valence-corrected chi connectivity index (χ0v) is 39.8. The fraction of sp³-hybridized carbons (Fsp3) is 0.720. The van der Waals surface area contributed by atoms with Crippen LogP contribution in [0.5, 0.6) is 0 Å². The Kier molecular flexibility index (Phi) is 40.0. The molecular formula is C50H89NO8P+. The minimum atomic E-state index is -4.40. The number of rotatable bonds is 42. The molecule has 0 aliphatic rings. The summed E-state index contributed by atoms with van der Waals surface area (Å²) in [5, 5.41) is 0. The molecule has 0 aliphatic carbocycles. The van der Waals surface area contributed by atoms with Crippen molar-refractivity contribution in [3.63, 3.8) is 0 Å². The maximum absolute atomic E-state index is 12.6. The highest BCUT2D eigenvalue weighted by Crippen LogP contribution is 2.43. The van der Waals surface area contributed by atoms with Gasteiger partial charge < -0.3 is 18.9 Å². The van der Waals surface area contributed by atoms with Crippen molar-refractivity contribution in [1.82, 2.24) is 0 Å². The molecule has 0 aromatic rings. The van der Waals surface area contributed by atoms with E-state index in [0.717, 1.165) is 38.5 Å². The quantitative estimate of drug-likeness (QED) is 0.0161. The molecule has 0 heterocycles. The fourth-order valence-electron chi connectivity index (χ4n) is 6.16. The third-order valence-corrected chi connectivity index (χ3v) is 10.8. The van der Waals surface area contributed by atoms with Crippen molar-refractivity contribution in [3.05, 3.63) is 72.9 Å². The Balaban J connectivity index is 4.30. The number of likely N-dealkylation sites (N-methyl/N-ethyl adjacent to an activating group) is 1. The molecule has 0 amide bonds. The minimum absolute atomic E-state index is 0.0142. The molecule has 0 spiro atoms. The molecule has 0 fully saturated rings. The van der Waals surface area contributed by atoms with E-state index in [0.29, 0.717) is 23.9 Å². The SMILES string of the molecule is CC/C=C/C=C/C=C/C=C/C=C/CCCC(=O)OC(COC(=O)CCCCCCCCC/C=C/CCCCCCCCCCCCCC)COP(=O)(O)OCC[N+](C)(C)C. The van der Waals surface area contributed by atoms with Crippen LogP contribution in [0.1, 0.15) is 181 Å². The Morgan fingerprint density at radius 1 is 0.533 bits per heavy atom. The van der Waals surface area contributed by atoms with Gasteiger partial charge in [0, 0.05) is 12.8 Å². The van der Waals surface area contributed by atoms with Crippen LogP contribution in [0.4, 0.5) is 0 Å². The van der Waals surface area contributed by atoms with Crippen molar-refractivity contribution >= 4 is 19.8 Å². The first-order valence-corrected chi connectivity index (χ1v) is 25.2. The number of allylic oxidation sites excluding steroid dienone is 12. The second kappa shape index (κ2) is 41.8. The van der Waals surface area contributed by atoms with Gasteiger partial charge >= 0.3 is 19.8 Å². The zero-order chi connectivity index (χ0) is 44.3. The highest BCUT2D eigenvalue weighted by atomic mass is 31.2. The lowest BCUT2D eigenvalue weighted by Crippen LogP contribution is -2.37. The molecular weight excluding hydrogens is 774 g/mol. The van der Waals surface area contributed by atoms with Crippen molar-refractivity contribution in [3.8, 4) is 0 Å². The van der Waals surface area contributed by atoms with Crippen LogP contribution in [-0.4, -0.2) is 74.9 Å². The third-order valence-electron chi connectivity index (χ3n) is 9.85. The lowest BCUT2D eigenvalue weighted by molar-refractivity contribution is -0.870. The minimum Gasteiger partial charge on any atom is -0.462 e. The Morgan fingerprint density at radius 3 is 1.50 bits per heavy atom. The van der Waals surface area contributed by atoms with E-state index in [1.807, 2.05) is 75.8 Å². The van der Waals surface area contributed by atoms with Crippen LogP contribution in [0.2, 0.25) is 0 Å². The molecule has 0 aliphatic heterocycles. The van der Waals surface area contributed by atoms with Crippen LogP contribution in [0.15, 0.2) is 72.9 Å². The number of hydrogen-bond donors (Lipinski definition) is 1. The monoisotopic (exact) mass is 863 g/mol. The molecule has 2 atom stereocenters. The molecule has 60 heavy (non-hydrogen) atoms. The molecule has 0 radical (unpaired) electrons. The fourth-order valence-corrected chi connectivity index (χ4v) is 6.90. The smallest absolute Gasteiger partial charge is 0.462 e. The number of unbranched alkanes of at least 4 members (excludes halogenated alkanes) is 20. The number of ether oxygens (including phenoxy) is 2. The van der Waals surface area contributed by atoms with Gasteiger partial charge in [0.05, 0.1) is 27.7 Å². The number of phosphoric acid groups is 1. The number of phosphoric ester groups is 1. The Morgan fingerprint density at radius 2 is 0.983 bits per heavy atom. The molecule has 0 aromatic carbocycles. The average Bonchev–Trinajstić information content (AvgIpc) is 3.20. The van der Waals surface area contributed by atoms with E-state index in [2.05, 4.69) is 32.1 Å². The number of esters is 2. The van der Waals surface area contributed by atoms with E-state index in [9.17, 15) is 19.0 Å². The molecule has 346 valence electrons. The first-order chi connectivity index (χ1) is 29.0. The third kappa shape index (κ3) is 45.0. The zero-order valence-electron chi connectivity index (χ0n) is 38.9. The van der Waals surface area contributed by atoms with Crippen molar-refractivity contribution in [2.24, 2.45) is 0 Å². The van der Waals surface area contributed by atoms with Crippen molar-refractivity contribution in [1.29, 1.82) is 0 Å². The summed E-state index contributed by atoms with van der Waals surface area (Å²) in [4.78, 5) is 35.4. The predicted molar refractivity (Wildman–Crippen MR) is 252 cm³/mol. The molecule has 0 rings (SSSR count). The van der Waals surface area contributed by atoms with Crippen LogP contribution in [0.25, 0.3) is 0 Å². The van der Waals surface area contributed by atoms with Crippen molar-refractivity contribution in [2.45, 2.75) is 187 Å². The normalized spacial score (nSPS) is 14.2. The van der Waals surface area contributed by atoms with Crippen molar-refractivity contribution in [2.75, 3.05) is 47.5 Å². The van der Waals surface area contributed by atoms with Crippen LogP contribution >= 0.6 is 7.82 Å². The average molecular weight is 863 g/mol. The number of hydrogen-bond acceptors (Lipinski definition) is 7. The first kappa shape index (κ1) is 57.4. The molecule has 0 saturated carbocycles. The molecule has 0 saturated heterocycles. The second-order valence-electron chi connectivity index (χ2n) is 16.9. The summed E-state index contributed by atoms with van der Waals surface area (Å²) >= 11 is 0. The Hall–Kier alpha value is -2.55. The standard InChI is InChI=1S/C50H88NO8P/c1-6-8-10-12-14-16-18-20-21-22-23-24-25-26-27-28-29-31-32-34-36-38-40-42-49(52)56-46-48(47-58-60(54,55)57-45-44-51(3,4)5)59-50(53)43-41-39-37-35-33-30-19-17-15-13-11-9-7-2/h9,11,13,15,17,19,26-27,30,33,35,37,48H,6-8,10,12,14,16,18,20-25,28-29,31-32,34,36,38-47H2,1-5H3/p+1/b11-9+,15-13+,19-17+,27-26+,33-30+,37-35+. The van der Waals surface area contributed by atoms with Gasteiger partial charge in [-0.25, -0.2) is 4.57 Å². The Bertz CT molecular complexity index is 1250. The summed E-state index contributed by atoms with van der Waals surface area (Å²) in [6.45, 7) is 4.18. The van der Waals surface area contributed by atoms with Crippen LogP contribution in [-0.2, 0) is 32.7 Å². The summed E-state index contributed by atoms with van der Waals surface area (Å²) in [6.07, 6.45) is 52.7. The number of nitrogens with zero attached hydrogens (tertiary/aromatic N) is 1. The number of carbonyl (C=O) groups is 2. The van der Waals surface area contributed by atoms with E-state index in [-0.39, 0.29) is 26.1 Å². The summed E-state index contributed by atoms with van der Waals surface area (Å²) in [7, 11) is 1.42. The van der Waals surface area contributed by atoms with Gasteiger partial charge in [0.25, 0.3) is 0 Å². The summed E-state index contributed by atoms with van der Waals surface area (Å²) < 4.78 is 34.2.